The summed E-state index contributed by atoms with van der Waals surface area (Å²) in [5, 5.41) is 11.6. The van der Waals surface area contributed by atoms with Crippen molar-refractivity contribution in [3.8, 4) is 0 Å². The minimum atomic E-state index is -0.791. The summed E-state index contributed by atoms with van der Waals surface area (Å²) in [6.45, 7) is 0.791. The molecule has 0 amide bonds. The number of nitrogens with one attached hydrogen (secondary N) is 2. The highest BCUT2D eigenvalue weighted by Gasteiger charge is 2.24. The van der Waals surface area contributed by atoms with Crippen LogP contribution in [0.3, 0.4) is 0 Å². The summed E-state index contributed by atoms with van der Waals surface area (Å²) >= 11 is 0. The van der Waals surface area contributed by atoms with Crippen molar-refractivity contribution in [1.82, 2.24) is 10.8 Å². The minimum Gasteiger partial charge on any atom is -0.480 e. The predicted molar refractivity (Wildman–Crippen MR) is 48.5 cm³/mol. The minimum absolute atomic E-state index is 0.153. The Morgan fingerprint density at radius 3 is 2.93 bits per heavy atom. The second-order valence-corrected chi connectivity index (χ2v) is 3.24. The average Bonchev–Trinajstić information content (AvgIpc) is 2.19. The van der Waals surface area contributed by atoms with E-state index in [9.17, 15) is 4.79 Å². The normalized spacial score (nSPS) is 27.5. The zero-order valence-electron chi connectivity index (χ0n) is 8.16. The van der Waals surface area contributed by atoms with Crippen molar-refractivity contribution in [2.45, 2.75) is 24.9 Å². The van der Waals surface area contributed by atoms with E-state index in [2.05, 4.69) is 10.8 Å². The Morgan fingerprint density at radius 1 is 1.64 bits per heavy atom. The lowest BCUT2D eigenvalue weighted by Gasteiger charge is -2.27. The van der Waals surface area contributed by atoms with Crippen LogP contribution in [0, 0.1) is 0 Å². The monoisotopic (exact) mass is 204 g/mol. The fourth-order valence-electron chi connectivity index (χ4n) is 1.38. The lowest BCUT2D eigenvalue weighted by atomic mass is 10.0. The molecule has 1 aliphatic heterocycles. The van der Waals surface area contributed by atoms with Gasteiger partial charge in [0.2, 0.25) is 0 Å². The SMILES string of the molecule is COCON[C@@H]1CC[C@@H](C(=O)O)NC1. The van der Waals surface area contributed by atoms with Crippen molar-refractivity contribution in [2.75, 3.05) is 20.4 Å². The number of hydroxylamine groups is 1. The molecule has 1 aliphatic rings. The van der Waals surface area contributed by atoms with E-state index in [-0.39, 0.29) is 12.8 Å². The molecule has 0 saturated carbocycles. The molecule has 1 saturated heterocycles. The van der Waals surface area contributed by atoms with Gasteiger partial charge in [-0.1, -0.05) is 0 Å². The van der Waals surface area contributed by atoms with Crippen molar-refractivity contribution >= 4 is 5.97 Å². The first-order chi connectivity index (χ1) is 6.74. The quantitative estimate of drug-likeness (QED) is 0.313. The topological polar surface area (TPSA) is 79.8 Å². The van der Waals surface area contributed by atoms with Crippen LogP contribution in [0.5, 0.6) is 0 Å². The summed E-state index contributed by atoms with van der Waals surface area (Å²) < 4.78 is 4.69. The summed E-state index contributed by atoms with van der Waals surface area (Å²) in [6.07, 6.45) is 1.40. The second-order valence-electron chi connectivity index (χ2n) is 3.24. The van der Waals surface area contributed by atoms with Gasteiger partial charge >= 0.3 is 5.97 Å². The molecule has 0 aromatic rings. The van der Waals surface area contributed by atoms with Gasteiger partial charge < -0.3 is 15.2 Å². The largest absolute Gasteiger partial charge is 0.480 e. The Morgan fingerprint density at radius 2 is 2.43 bits per heavy atom. The number of hydrogen-bond donors (Lipinski definition) is 3. The smallest absolute Gasteiger partial charge is 0.320 e. The van der Waals surface area contributed by atoms with Crippen LogP contribution in [-0.4, -0.2) is 43.6 Å². The Bertz CT molecular complexity index is 180. The third-order valence-electron chi connectivity index (χ3n) is 2.14. The van der Waals surface area contributed by atoms with Gasteiger partial charge in [0.1, 0.15) is 6.04 Å². The molecule has 2 atom stereocenters. The first-order valence-electron chi connectivity index (χ1n) is 4.56. The highest BCUT2D eigenvalue weighted by atomic mass is 16.7. The molecule has 0 aromatic heterocycles. The maximum absolute atomic E-state index is 10.6. The Hall–Kier alpha value is -0.690. The molecule has 0 aromatic carbocycles. The third-order valence-corrected chi connectivity index (χ3v) is 2.14. The number of ether oxygens (including phenoxy) is 1. The fraction of sp³-hybridized carbons (Fsp3) is 0.875. The number of carboxylic acids is 1. The zero-order chi connectivity index (χ0) is 10.4. The predicted octanol–water partition coefficient (Wildman–Crippen LogP) is -0.683. The molecule has 3 N–H and O–H groups in total. The van der Waals surface area contributed by atoms with Gasteiger partial charge in [-0.15, -0.1) is 0 Å². The van der Waals surface area contributed by atoms with Crippen LogP contribution >= 0.6 is 0 Å². The molecule has 6 heteroatoms. The number of carboxylic acid groups (broad SMARTS) is 1. The van der Waals surface area contributed by atoms with Crippen molar-refractivity contribution < 1.29 is 19.5 Å². The van der Waals surface area contributed by atoms with E-state index in [4.69, 9.17) is 14.7 Å². The van der Waals surface area contributed by atoms with Crippen LogP contribution in [0.1, 0.15) is 12.8 Å². The van der Waals surface area contributed by atoms with Gasteiger partial charge in [-0.2, -0.15) is 5.48 Å². The average molecular weight is 204 g/mol. The van der Waals surface area contributed by atoms with Gasteiger partial charge in [0.05, 0.1) is 0 Å². The Labute approximate surface area is 82.5 Å². The molecule has 0 bridgehead atoms. The van der Waals surface area contributed by atoms with E-state index in [1.54, 1.807) is 7.11 Å². The molecule has 0 radical (unpaired) electrons. The Kier molecular flexibility index (Phi) is 4.81. The van der Waals surface area contributed by atoms with Crippen LogP contribution in [-0.2, 0) is 14.4 Å². The zero-order valence-corrected chi connectivity index (χ0v) is 8.16. The van der Waals surface area contributed by atoms with Gasteiger partial charge in [-0.05, 0) is 12.8 Å². The van der Waals surface area contributed by atoms with Gasteiger partial charge in [0, 0.05) is 19.7 Å². The van der Waals surface area contributed by atoms with Gasteiger partial charge in [-0.25, -0.2) is 0 Å². The van der Waals surface area contributed by atoms with Crippen molar-refractivity contribution in [3.05, 3.63) is 0 Å². The van der Waals surface area contributed by atoms with E-state index in [1.807, 2.05) is 0 Å². The molecule has 1 heterocycles. The van der Waals surface area contributed by atoms with Crippen molar-refractivity contribution in [1.29, 1.82) is 0 Å². The number of rotatable bonds is 5. The highest BCUT2D eigenvalue weighted by molar-refractivity contribution is 5.73. The first kappa shape index (κ1) is 11.4. The van der Waals surface area contributed by atoms with Crippen LogP contribution in [0.4, 0.5) is 0 Å². The molecular formula is C8H16N2O4. The van der Waals surface area contributed by atoms with E-state index in [0.29, 0.717) is 13.0 Å². The number of aliphatic carboxylic acids is 1. The first-order valence-corrected chi connectivity index (χ1v) is 4.56. The highest BCUT2D eigenvalue weighted by Crippen LogP contribution is 2.08. The van der Waals surface area contributed by atoms with Crippen molar-refractivity contribution in [3.63, 3.8) is 0 Å². The number of hydrogen-bond acceptors (Lipinski definition) is 5. The standard InChI is InChI=1S/C8H16N2O4/c1-13-5-14-10-6-2-3-7(8(11)12)9-4-6/h6-7,9-10H,2-5H2,1H3,(H,11,12)/t6-,7+/m1/s1. The lowest BCUT2D eigenvalue weighted by Crippen LogP contribution is -2.50. The van der Waals surface area contributed by atoms with Crippen LogP contribution in [0.25, 0.3) is 0 Å². The molecule has 6 nitrogen and oxygen atoms in total. The summed E-state index contributed by atoms with van der Waals surface area (Å²) in [4.78, 5) is 15.5. The number of carbonyl (C=O) groups is 1. The molecule has 1 fully saturated rings. The summed E-state index contributed by atoms with van der Waals surface area (Å²) in [7, 11) is 1.54. The maximum Gasteiger partial charge on any atom is 0.320 e. The molecule has 0 spiro atoms. The number of piperidine rings is 1. The molecule has 0 aliphatic carbocycles. The summed E-state index contributed by atoms with van der Waals surface area (Å²) in [5.74, 6) is -0.791. The van der Waals surface area contributed by atoms with Crippen molar-refractivity contribution in [2.24, 2.45) is 0 Å². The van der Waals surface area contributed by atoms with Gasteiger partial charge in [0.15, 0.2) is 6.79 Å². The molecule has 14 heavy (non-hydrogen) atoms. The summed E-state index contributed by atoms with van der Waals surface area (Å²) in [5.41, 5.74) is 2.80. The molecule has 82 valence electrons. The van der Waals surface area contributed by atoms with Crippen LogP contribution in [0.2, 0.25) is 0 Å². The molecule has 1 rings (SSSR count). The van der Waals surface area contributed by atoms with Gasteiger partial charge in [0.25, 0.3) is 0 Å². The van der Waals surface area contributed by atoms with E-state index < -0.39 is 12.0 Å². The van der Waals surface area contributed by atoms with E-state index >= 15 is 0 Å². The number of methoxy groups -OCH3 is 1. The fourth-order valence-corrected chi connectivity index (χ4v) is 1.38. The summed E-state index contributed by atoms with van der Waals surface area (Å²) in [6, 6.07) is -0.267. The second kappa shape index (κ2) is 5.92. The van der Waals surface area contributed by atoms with Crippen LogP contribution in [0.15, 0.2) is 0 Å². The van der Waals surface area contributed by atoms with E-state index in [1.165, 1.54) is 0 Å². The molecular weight excluding hydrogens is 188 g/mol. The Balaban J connectivity index is 2.12. The third kappa shape index (κ3) is 3.59. The maximum atomic E-state index is 10.6. The molecule has 0 unspecified atom stereocenters. The van der Waals surface area contributed by atoms with E-state index in [0.717, 1.165) is 6.42 Å². The van der Waals surface area contributed by atoms with Crippen LogP contribution < -0.4 is 10.8 Å². The van der Waals surface area contributed by atoms with Gasteiger partial charge in [-0.3, -0.25) is 9.63 Å². The lowest BCUT2D eigenvalue weighted by molar-refractivity contribution is -0.141.